The summed E-state index contributed by atoms with van der Waals surface area (Å²) in [5.41, 5.74) is 1.62. The van der Waals surface area contributed by atoms with E-state index in [1.54, 1.807) is 11.0 Å². The standard InChI is InChI=1S/C13H13N3O5/c17-12-2-1-7-3-11(16(20)21)10(4-9(7)14-12)15-5-8(6-15)13(18)19/h3-4,8H,1-2,5-6H2,(H,14,17)(H,18,19). The van der Waals surface area contributed by atoms with Gasteiger partial charge in [-0.15, -0.1) is 0 Å². The van der Waals surface area contributed by atoms with Crippen LogP contribution in [-0.4, -0.2) is 35.0 Å². The number of hydrogen-bond donors (Lipinski definition) is 2. The molecule has 3 rings (SSSR count). The summed E-state index contributed by atoms with van der Waals surface area (Å²) in [5, 5.41) is 22.8. The molecule has 0 saturated carbocycles. The molecule has 2 aliphatic rings. The molecule has 1 aromatic carbocycles. The molecule has 1 saturated heterocycles. The maximum atomic E-state index is 11.4. The first kappa shape index (κ1) is 13.3. The van der Waals surface area contributed by atoms with Crippen LogP contribution in [0.15, 0.2) is 12.1 Å². The minimum absolute atomic E-state index is 0.0475. The third-order valence-electron chi connectivity index (χ3n) is 3.86. The van der Waals surface area contributed by atoms with Crippen molar-refractivity contribution in [1.29, 1.82) is 0 Å². The van der Waals surface area contributed by atoms with E-state index in [-0.39, 0.29) is 24.7 Å². The number of carboxylic acid groups (broad SMARTS) is 1. The molecule has 0 unspecified atom stereocenters. The molecule has 1 fully saturated rings. The zero-order valence-electron chi connectivity index (χ0n) is 11.0. The average Bonchev–Trinajstić information content (AvgIpc) is 2.35. The number of benzene rings is 1. The van der Waals surface area contributed by atoms with E-state index in [1.807, 2.05) is 0 Å². The van der Waals surface area contributed by atoms with Crippen molar-refractivity contribution in [2.24, 2.45) is 5.92 Å². The fourth-order valence-electron chi connectivity index (χ4n) is 2.64. The molecule has 2 N–H and O–H groups in total. The highest BCUT2D eigenvalue weighted by Gasteiger charge is 2.36. The predicted molar refractivity (Wildman–Crippen MR) is 73.4 cm³/mol. The van der Waals surface area contributed by atoms with Gasteiger partial charge in [-0.05, 0) is 18.1 Å². The predicted octanol–water partition coefficient (Wildman–Crippen LogP) is 1.00. The van der Waals surface area contributed by atoms with Gasteiger partial charge in [-0.1, -0.05) is 0 Å². The lowest BCUT2D eigenvalue weighted by molar-refractivity contribution is -0.384. The lowest BCUT2D eigenvalue weighted by Gasteiger charge is -2.38. The summed E-state index contributed by atoms with van der Waals surface area (Å²) in [5.74, 6) is -1.52. The Morgan fingerprint density at radius 1 is 1.38 bits per heavy atom. The molecular formula is C13H13N3O5. The van der Waals surface area contributed by atoms with E-state index in [0.29, 0.717) is 24.2 Å². The molecule has 0 atom stereocenters. The van der Waals surface area contributed by atoms with Crippen LogP contribution in [0.2, 0.25) is 0 Å². The Bertz CT molecular complexity index is 651. The van der Waals surface area contributed by atoms with E-state index in [9.17, 15) is 19.7 Å². The summed E-state index contributed by atoms with van der Waals surface area (Å²) < 4.78 is 0. The number of carboxylic acids is 1. The van der Waals surface area contributed by atoms with E-state index in [2.05, 4.69) is 5.32 Å². The van der Waals surface area contributed by atoms with Gasteiger partial charge < -0.3 is 15.3 Å². The molecule has 8 heteroatoms. The van der Waals surface area contributed by atoms with Gasteiger partial charge in [-0.2, -0.15) is 0 Å². The van der Waals surface area contributed by atoms with Crippen molar-refractivity contribution in [3.8, 4) is 0 Å². The molecule has 1 aromatic rings. The summed E-state index contributed by atoms with van der Waals surface area (Å²) in [6.07, 6.45) is 0.786. The third-order valence-corrected chi connectivity index (χ3v) is 3.86. The maximum absolute atomic E-state index is 11.4. The van der Waals surface area contributed by atoms with E-state index in [4.69, 9.17) is 5.11 Å². The first-order valence-electron chi connectivity index (χ1n) is 6.54. The van der Waals surface area contributed by atoms with E-state index in [1.165, 1.54) is 6.07 Å². The van der Waals surface area contributed by atoms with Crippen LogP contribution in [0.5, 0.6) is 0 Å². The summed E-state index contributed by atoms with van der Waals surface area (Å²) in [7, 11) is 0. The van der Waals surface area contributed by atoms with Crippen LogP contribution in [0, 0.1) is 16.0 Å². The SMILES string of the molecule is O=C1CCc2cc([N+](=O)[O-])c(N3CC(C(=O)O)C3)cc2N1. The number of nitrogens with one attached hydrogen (secondary N) is 1. The number of fused-ring (bicyclic) bond motifs is 1. The number of amides is 1. The van der Waals surface area contributed by atoms with Crippen molar-refractivity contribution < 1.29 is 19.6 Å². The Labute approximate surface area is 119 Å². The summed E-state index contributed by atoms with van der Waals surface area (Å²) in [6.45, 7) is 0.478. The van der Waals surface area contributed by atoms with Crippen molar-refractivity contribution in [2.45, 2.75) is 12.8 Å². The number of nitro groups is 1. The molecule has 0 spiro atoms. The van der Waals surface area contributed by atoms with Gasteiger partial charge in [0.05, 0.1) is 10.8 Å². The monoisotopic (exact) mass is 291 g/mol. The number of nitro benzene ring substituents is 1. The number of anilines is 2. The Balaban J connectivity index is 1.95. The van der Waals surface area contributed by atoms with Gasteiger partial charge in [-0.3, -0.25) is 19.7 Å². The molecular weight excluding hydrogens is 278 g/mol. The van der Waals surface area contributed by atoms with Crippen LogP contribution in [0.25, 0.3) is 0 Å². The second-order valence-corrected chi connectivity index (χ2v) is 5.24. The number of nitrogens with zero attached hydrogens (tertiary/aromatic N) is 2. The quantitative estimate of drug-likeness (QED) is 0.634. The largest absolute Gasteiger partial charge is 0.481 e. The van der Waals surface area contributed by atoms with Crippen molar-refractivity contribution >= 4 is 28.9 Å². The first-order valence-corrected chi connectivity index (χ1v) is 6.54. The number of aryl methyl sites for hydroxylation is 1. The van der Waals surface area contributed by atoms with Crippen LogP contribution in [0.1, 0.15) is 12.0 Å². The van der Waals surface area contributed by atoms with Crippen molar-refractivity contribution in [1.82, 2.24) is 0 Å². The van der Waals surface area contributed by atoms with Gasteiger partial charge in [0, 0.05) is 31.3 Å². The number of aliphatic carboxylic acids is 1. The van der Waals surface area contributed by atoms with E-state index < -0.39 is 16.8 Å². The molecule has 8 nitrogen and oxygen atoms in total. The van der Waals surface area contributed by atoms with Crippen LogP contribution < -0.4 is 10.2 Å². The maximum Gasteiger partial charge on any atom is 0.310 e. The Kier molecular flexibility index (Phi) is 3.00. The molecule has 2 aliphatic heterocycles. The van der Waals surface area contributed by atoms with Gasteiger partial charge in [0.2, 0.25) is 5.91 Å². The highest BCUT2D eigenvalue weighted by molar-refractivity contribution is 5.95. The lowest BCUT2D eigenvalue weighted by atomic mass is 9.96. The minimum atomic E-state index is -0.903. The molecule has 0 aromatic heterocycles. The van der Waals surface area contributed by atoms with Crippen molar-refractivity contribution in [3.63, 3.8) is 0 Å². The van der Waals surface area contributed by atoms with Gasteiger partial charge in [0.1, 0.15) is 5.69 Å². The van der Waals surface area contributed by atoms with E-state index in [0.717, 1.165) is 5.56 Å². The Morgan fingerprint density at radius 3 is 2.71 bits per heavy atom. The zero-order valence-corrected chi connectivity index (χ0v) is 11.0. The topological polar surface area (TPSA) is 113 Å². The van der Waals surface area contributed by atoms with Crippen LogP contribution >= 0.6 is 0 Å². The van der Waals surface area contributed by atoms with Crippen molar-refractivity contribution in [2.75, 3.05) is 23.3 Å². The van der Waals surface area contributed by atoms with Crippen LogP contribution in [0.3, 0.4) is 0 Å². The smallest absolute Gasteiger partial charge is 0.310 e. The molecule has 0 aliphatic carbocycles. The summed E-state index contributed by atoms with van der Waals surface area (Å²) in [4.78, 5) is 34.6. The fraction of sp³-hybridized carbons (Fsp3) is 0.385. The Hall–Kier alpha value is -2.64. The molecule has 2 heterocycles. The highest BCUT2D eigenvalue weighted by atomic mass is 16.6. The van der Waals surface area contributed by atoms with Crippen LogP contribution in [0.4, 0.5) is 17.1 Å². The number of hydrogen-bond acceptors (Lipinski definition) is 5. The summed E-state index contributed by atoms with van der Waals surface area (Å²) in [6, 6.07) is 3.04. The van der Waals surface area contributed by atoms with Gasteiger partial charge >= 0.3 is 5.97 Å². The van der Waals surface area contributed by atoms with Crippen LogP contribution in [-0.2, 0) is 16.0 Å². The second-order valence-electron chi connectivity index (χ2n) is 5.24. The molecule has 0 radical (unpaired) electrons. The first-order chi connectivity index (χ1) is 9.95. The number of carbonyl (C=O) groups is 2. The van der Waals surface area contributed by atoms with Crippen molar-refractivity contribution in [3.05, 3.63) is 27.8 Å². The molecule has 110 valence electrons. The molecule has 0 bridgehead atoms. The number of carbonyl (C=O) groups excluding carboxylic acids is 1. The third kappa shape index (κ3) is 2.28. The Morgan fingerprint density at radius 2 is 2.10 bits per heavy atom. The molecule has 21 heavy (non-hydrogen) atoms. The second kappa shape index (κ2) is 4.72. The van der Waals surface area contributed by atoms with Gasteiger partial charge in [-0.25, -0.2) is 0 Å². The average molecular weight is 291 g/mol. The number of rotatable bonds is 3. The normalized spacial score (nSPS) is 17.7. The van der Waals surface area contributed by atoms with E-state index >= 15 is 0 Å². The highest BCUT2D eigenvalue weighted by Crippen LogP contribution is 2.39. The fourth-order valence-corrected chi connectivity index (χ4v) is 2.64. The van der Waals surface area contributed by atoms with Gasteiger partial charge in [0.25, 0.3) is 5.69 Å². The minimum Gasteiger partial charge on any atom is -0.481 e. The molecule has 1 amide bonds. The van der Waals surface area contributed by atoms with Gasteiger partial charge in [0.15, 0.2) is 0 Å². The summed E-state index contributed by atoms with van der Waals surface area (Å²) >= 11 is 0. The zero-order chi connectivity index (χ0) is 15.1. The lowest BCUT2D eigenvalue weighted by Crippen LogP contribution is -2.50.